The van der Waals surface area contributed by atoms with E-state index in [1.165, 1.54) is 6.26 Å². The van der Waals surface area contributed by atoms with Gasteiger partial charge in [-0.3, -0.25) is 4.79 Å². The molecule has 0 radical (unpaired) electrons. The lowest BCUT2D eigenvalue weighted by atomic mass is 10.3. The summed E-state index contributed by atoms with van der Waals surface area (Å²) in [6.07, 6.45) is 1.37. The number of rotatable bonds is 4. The molecule has 1 aromatic heterocycles. The van der Waals surface area contributed by atoms with Crippen LogP contribution in [0.1, 0.15) is 0 Å². The Hall–Kier alpha value is -2.50. The minimum Gasteiger partial charge on any atom is -0.484 e. The van der Waals surface area contributed by atoms with Crippen molar-refractivity contribution in [2.75, 3.05) is 17.7 Å². The zero-order valence-electron chi connectivity index (χ0n) is 8.92. The fraction of sp³-hybridized carbons (Fsp3) is 0.0909. The summed E-state index contributed by atoms with van der Waals surface area (Å²) in [5, 5.41) is 6.05. The molecule has 6 heteroatoms. The van der Waals surface area contributed by atoms with Crippen LogP contribution in [0.2, 0.25) is 0 Å². The molecule has 0 spiro atoms. The summed E-state index contributed by atoms with van der Waals surface area (Å²) >= 11 is 0. The van der Waals surface area contributed by atoms with Crippen molar-refractivity contribution in [1.29, 1.82) is 0 Å². The van der Waals surface area contributed by atoms with E-state index < -0.39 is 0 Å². The Kier molecular flexibility index (Phi) is 3.25. The number of anilines is 2. The Morgan fingerprint density at radius 1 is 1.35 bits per heavy atom. The number of hydrogen-bond acceptors (Lipinski definition) is 5. The van der Waals surface area contributed by atoms with E-state index in [9.17, 15) is 4.79 Å². The highest BCUT2D eigenvalue weighted by Crippen LogP contribution is 2.12. The third kappa shape index (κ3) is 3.23. The molecule has 2 aromatic rings. The first-order valence-electron chi connectivity index (χ1n) is 4.92. The van der Waals surface area contributed by atoms with E-state index in [0.717, 1.165) is 0 Å². The Morgan fingerprint density at radius 3 is 2.76 bits per heavy atom. The van der Waals surface area contributed by atoms with Gasteiger partial charge in [-0.25, -0.2) is 0 Å². The lowest BCUT2D eigenvalue weighted by molar-refractivity contribution is -0.118. The van der Waals surface area contributed by atoms with Crippen LogP contribution in [0.25, 0.3) is 0 Å². The average Bonchev–Trinajstić information content (AvgIpc) is 2.81. The van der Waals surface area contributed by atoms with Crippen LogP contribution < -0.4 is 15.8 Å². The molecule has 0 atom stereocenters. The number of amides is 1. The Bertz CT molecular complexity index is 479. The summed E-state index contributed by atoms with van der Waals surface area (Å²) in [6.45, 7) is -0.100. The van der Waals surface area contributed by atoms with Crippen molar-refractivity contribution in [3.8, 4) is 5.75 Å². The van der Waals surface area contributed by atoms with Crippen LogP contribution in [0, 0.1) is 0 Å². The number of nitrogens with two attached hydrogens (primary N) is 1. The summed E-state index contributed by atoms with van der Waals surface area (Å²) in [7, 11) is 0. The molecule has 0 saturated heterocycles. The molecule has 0 aliphatic heterocycles. The molecule has 88 valence electrons. The quantitative estimate of drug-likeness (QED) is 0.776. The molecular weight excluding hydrogens is 222 g/mol. The molecule has 2 rings (SSSR count). The third-order valence-corrected chi connectivity index (χ3v) is 1.96. The molecule has 0 aliphatic rings. The minimum atomic E-state index is -0.310. The van der Waals surface area contributed by atoms with Gasteiger partial charge < -0.3 is 20.3 Å². The molecule has 3 N–H and O–H groups in total. The van der Waals surface area contributed by atoms with Gasteiger partial charge in [0.1, 0.15) is 12.0 Å². The first-order chi connectivity index (χ1) is 8.24. The van der Waals surface area contributed by atoms with Crippen LogP contribution in [-0.2, 0) is 4.79 Å². The lowest BCUT2D eigenvalue weighted by Gasteiger charge is -2.05. The molecule has 0 aliphatic carbocycles. The van der Waals surface area contributed by atoms with E-state index in [-0.39, 0.29) is 12.5 Å². The Labute approximate surface area is 97.3 Å². The SMILES string of the molecule is Nc1ccc(OCC(=O)Nc2ccon2)cc1. The van der Waals surface area contributed by atoms with Gasteiger partial charge in [0.25, 0.3) is 5.91 Å². The van der Waals surface area contributed by atoms with Crippen molar-refractivity contribution >= 4 is 17.4 Å². The Balaban J connectivity index is 1.82. The van der Waals surface area contributed by atoms with Crippen molar-refractivity contribution in [1.82, 2.24) is 5.16 Å². The molecule has 6 nitrogen and oxygen atoms in total. The number of aromatic nitrogens is 1. The highest BCUT2D eigenvalue weighted by atomic mass is 16.5. The van der Waals surface area contributed by atoms with Crippen LogP contribution in [0.5, 0.6) is 5.75 Å². The molecule has 0 unspecified atom stereocenters. The van der Waals surface area contributed by atoms with Gasteiger partial charge in [0.2, 0.25) is 0 Å². The molecule has 0 fully saturated rings. The predicted molar refractivity (Wildman–Crippen MR) is 61.5 cm³/mol. The fourth-order valence-electron chi connectivity index (χ4n) is 1.17. The van der Waals surface area contributed by atoms with Crippen LogP contribution in [0.15, 0.2) is 41.1 Å². The van der Waals surface area contributed by atoms with Gasteiger partial charge in [-0.1, -0.05) is 5.16 Å². The van der Waals surface area contributed by atoms with Gasteiger partial charge in [-0.15, -0.1) is 0 Å². The van der Waals surface area contributed by atoms with E-state index in [2.05, 4.69) is 15.0 Å². The first kappa shape index (κ1) is 11.0. The summed E-state index contributed by atoms with van der Waals surface area (Å²) in [6, 6.07) is 8.33. The number of nitrogens with one attached hydrogen (secondary N) is 1. The smallest absolute Gasteiger partial charge is 0.263 e. The van der Waals surface area contributed by atoms with Crippen LogP contribution in [-0.4, -0.2) is 17.7 Å². The second-order valence-corrected chi connectivity index (χ2v) is 3.29. The van der Waals surface area contributed by atoms with Crippen molar-refractivity contribution in [2.45, 2.75) is 0 Å². The van der Waals surface area contributed by atoms with Gasteiger partial charge >= 0.3 is 0 Å². The normalized spacial score (nSPS) is 9.88. The maximum atomic E-state index is 11.4. The zero-order chi connectivity index (χ0) is 12.1. The predicted octanol–water partition coefficient (Wildman–Crippen LogP) is 1.27. The molecule has 0 bridgehead atoms. The monoisotopic (exact) mass is 233 g/mol. The van der Waals surface area contributed by atoms with Gasteiger partial charge in [0, 0.05) is 11.8 Å². The third-order valence-electron chi connectivity index (χ3n) is 1.96. The van der Waals surface area contributed by atoms with Gasteiger partial charge in [0.05, 0.1) is 0 Å². The standard InChI is InChI=1S/C11H11N3O3/c12-8-1-3-9(4-2-8)16-7-11(15)13-10-5-6-17-14-10/h1-6H,7,12H2,(H,13,14,15). The van der Waals surface area contributed by atoms with Crippen LogP contribution >= 0.6 is 0 Å². The first-order valence-corrected chi connectivity index (χ1v) is 4.92. The van der Waals surface area contributed by atoms with Gasteiger partial charge in [-0.2, -0.15) is 0 Å². The van der Waals surface area contributed by atoms with Crippen molar-refractivity contribution in [2.24, 2.45) is 0 Å². The number of nitrogens with zero attached hydrogens (tertiary/aromatic N) is 1. The van der Waals surface area contributed by atoms with Crippen LogP contribution in [0.3, 0.4) is 0 Å². The molecule has 17 heavy (non-hydrogen) atoms. The minimum absolute atomic E-state index is 0.100. The van der Waals surface area contributed by atoms with E-state index in [0.29, 0.717) is 17.3 Å². The van der Waals surface area contributed by atoms with Crippen molar-refractivity contribution in [3.63, 3.8) is 0 Å². The second-order valence-electron chi connectivity index (χ2n) is 3.29. The number of hydrogen-bond donors (Lipinski definition) is 2. The second kappa shape index (κ2) is 5.02. The Morgan fingerprint density at radius 2 is 2.12 bits per heavy atom. The topological polar surface area (TPSA) is 90.4 Å². The molecule has 1 aromatic carbocycles. The van der Waals surface area contributed by atoms with E-state index >= 15 is 0 Å². The molecule has 0 saturated carbocycles. The maximum absolute atomic E-state index is 11.4. The number of carbonyl (C=O) groups is 1. The van der Waals surface area contributed by atoms with Gasteiger partial charge in [-0.05, 0) is 24.3 Å². The highest BCUT2D eigenvalue weighted by molar-refractivity contribution is 5.90. The largest absolute Gasteiger partial charge is 0.484 e. The molecule has 1 heterocycles. The number of benzene rings is 1. The fourth-order valence-corrected chi connectivity index (χ4v) is 1.17. The number of nitrogen functional groups attached to an aromatic ring is 1. The number of carbonyl (C=O) groups excluding carboxylic acids is 1. The zero-order valence-corrected chi connectivity index (χ0v) is 8.92. The molecular formula is C11H11N3O3. The molecule has 1 amide bonds. The lowest BCUT2D eigenvalue weighted by Crippen LogP contribution is -2.20. The summed E-state index contributed by atoms with van der Waals surface area (Å²) in [4.78, 5) is 11.4. The van der Waals surface area contributed by atoms with E-state index in [4.69, 9.17) is 10.5 Å². The summed E-state index contributed by atoms with van der Waals surface area (Å²) in [5.74, 6) is 0.626. The van der Waals surface area contributed by atoms with Crippen molar-refractivity contribution in [3.05, 3.63) is 36.6 Å². The summed E-state index contributed by atoms with van der Waals surface area (Å²) in [5.41, 5.74) is 6.16. The van der Waals surface area contributed by atoms with Crippen molar-refractivity contribution < 1.29 is 14.1 Å². The van der Waals surface area contributed by atoms with Gasteiger partial charge in [0.15, 0.2) is 12.4 Å². The average molecular weight is 233 g/mol. The van der Waals surface area contributed by atoms with E-state index in [1.807, 2.05) is 0 Å². The summed E-state index contributed by atoms with van der Waals surface area (Å²) < 4.78 is 9.82. The maximum Gasteiger partial charge on any atom is 0.263 e. The number of ether oxygens (including phenoxy) is 1. The highest BCUT2D eigenvalue weighted by Gasteiger charge is 2.05. The van der Waals surface area contributed by atoms with E-state index in [1.54, 1.807) is 30.3 Å². The van der Waals surface area contributed by atoms with Crippen LogP contribution in [0.4, 0.5) is 11.5 Å².